The first-order chi connectivity index (χ1) is 12.3. The van der Waals surface area contributed by atoms with Crippen LogP contribution in [0.5, 0.6) is 0 Å². The van der Waals surface area contributed by atoms with Gasteiger partial charge in [-0.15, -0.1) is 11.6 Å². The van der Waals surface area contributed by atoms with Crippen molar-refractivity contribution < 1.29 is 19.4 Å². The molecule has 3 atom stereocenters. The van der Waals surface area contributed by atoms with Gasteiger partial charge in [-0.25, -0.2) is 9.37 Å². The van der Waals surface area contributed by atoms with E-state index in [9.17, 15) is 19.4 Å². The molecular weight excluding hydrogens is 361 g/mol. The van der Waals surface area contributed by atoms with Crippen molar-refractivity contribution in [2.45, 2.75) is 38.3 Å². The van der Waals surface area contributed by atoms with Crippen molar-refractivity contribution in [3.05, 3.63) is 48.3 Å². The maximum atomic E-state index is 13.2. The number of alkyl halides is 1. The van der Waals surface area contributed by atoms with Crippen LogP contribution in [-0.4, -0.2) is 42.4 Å². The second-order valence-electron chi connectivity index (χ2n) is 7.34. The summed E-state index contributed by atoms with van der Waals surface area (Å²) in [4.78, 5) is 16.0. The highest BCUT2D eigenvalue weighted by Gasteiger charge is 2.68. The lowest BCUT2D eigenvalue weighted by molar-refractivity contribution is -0.178. The molecule has 0 bridgehead atoms. The third-order valence-corrected chi connectivity index (χ3v) is 6.35. The van der Waals surface area contributed by atoms with Crippen LogP contribution in [0.2, 0.25) is 0 Å². The second-order valence-corrected chi connectivity index (χ2v) is 7.61. The lowest BCUT2D eigenvalue weighted by Gasteiger charge is -2.46. The Bertz CT molecular complexity index is 785. The number of rotatable bonds is 6. The first kappa shape index (κ1) is 18.8. The van der Waals surface area contributed by atoms with Crippen molar-refractivity contribution in [1.82, 2.24) is 14.8 Å². The van der Waals surface area contributed by atoms with E-state index in [-0.39, 0.29) is 24.7 Å². The maximum absolute atomic E-state index is 13.2. The SMILES string of the molecule is CC1(Cc2ccc(F)cc2)CCC(CCl)(C(=O)O)C1(O)Cn1cncn1. The van der Waals surface area contributed by atoms with Crippen LogP contribution < -0.4 is 0 Å². The molecule has 1 saturated carbocycles. The van der Waals surface area contributed by atoms with Crippen LogP contribution in [0.1, 0.15) is 25.3 Å². The Kier molecular flexibility index (Phi) is 4.79. The summed E-state index contributed by atoms with van der Waals surface area (Å²) in [6.45, 7) is 1.81. The number of aliphatic carboxylic acids is 1. The topological polar surface area (TPSA) is 88.2 Å². The van der Waals surface area contributed by atoms with Gasteiger partial charge in [-0.1, -0.05) is 19.1 Å². The molecule has 8 heteroatoms. The molecule has 2 aromatic rings. The Morgan fingerprint density at radius 3 is 2.58 bits per heavy atom. The molecule has 0 saturated heterocycles. The van der Waals surface area contributed by atoms with Crippen LogP contribution >= 0.6 is 11.6 Å². The molecule has 140 valence electrons. The number of aromatic nitrogens is 3. The summed E-state index contributed by atoms with van der Waals surface area (Å²) in [5.74, 6) is -1.69. The van der Waals surface area contributed by atoms with Crippen molar-refractivity contribution >= 4 is 17.6 Å². The molecule has 1 aromatic heterocycles. The van der Waals surface area contributed by atoms with Crippen LogP contribution in [0.4, 0.5) is 4.39 Å². The van der Waals surface area contributed by atoms with E-state index >= 15 is 0 Å². The number of nitrogens with zero attached hydrogens (tertiary/aromatic N) is 3. The predicted molar refractivity (Wildman–Crippen MR) is 93.2 cm³/mol. The number of carboxylic acid groups (broad SMARTS) is 1. The van der Waals surface area contributed by atoms with E-state index in [4.69, 9.17) is 11.6 Å². The number of carboxylic acids is 1. The molecule has 1 fully saturated rings. The van der Waals surface area contributed by atoms with Gasteiger partial charge in [-0.3, -0.25) is 9.48 Å². The molecule has 26 heavy (non-hydrogen) atoms. The summed E-state index contributed by atoms with van der Waals surface area (Å²) in [6, 6.07) is 6.02. The van der Waals surface area contributed by atoms with Gasteiger partial charge < -0.3 is 10.2 Å². The fraction of sp³-hybridized carbons (Fsp3) is 0.500. The van der Waals surface area contributed by atoms with Crippen molar-refractivity contribution in [3.8, 4) is 0 Å². The molecule has 2 N–H and O–H groups in total. The standard InChI is InChI=1S/C18H21ClFN3O3/c1-16(8-13-2-4-14(20)5-3-13)6-7-17(9-19,15(24)25)18(16,26)10-23-12-21-11-22-23/h2-5,11-12,26H,6-10H2,1H3,(H,24,25). The number of aliphatic hydroxyl groups is 1. The van der Waals surface area contributed by atoms with E-state index in [1.807, 2.05) is 6.92 Å². The molecule has 1 aliphatic rings. The lowest BCUT2D eigenvalue weighted by atomic mass is 9.63. The highest BCUT2D eigenvalue weighted by atomic mass is 35.5. The van der Waals surface area contributed by atoms with Gasteiger partial charge in [-0.05, 0) is 37.0 Å². The average Bonchev–Trinajstić information content (AvgIpc) is 3.17. The molecule has 3 rings (SSSR count). The molecule has 0 aliphatic heterocycles. The maximum Gasteiger partial charge on any atom is 0.313 e. The first-order valence-corrected chi connectivity index (χ1v) is 8.88. The summed E-state index contributed by atoms with van der Waals surface area (Å²) in [6.07, 6.45) is 3.88. The van der Waals surface area contributed by atoms with Crippen LogP contribution in [-0.2, 0) is 17.8 Å². The van der Waals surface area contributed by atoms with E-state index in [1.54, 1.807) is 12.1 Å². The van der Waals surface area contributed by atoms with Gasteiger partial charge >= 0.3 is 5.97 Å². The Balaban J connectivity index is 2.04. The summed E-state index contributed by atoms with van der Waals surface area (Å²) < 4.78 is 14.6. The molecule has 1 heterocycles. The van der Waals surface area contributed by atoms with Gasteiger partial charge in [0.1, 0.15) is 29.5 Å². The van der Waals surface area contributed by atoms with Gasteiger partial charge in [-0.2, -0.15) is 5.10 Å². The summed E-state index contributed by atoms with van der Waals surface area (Å²) in [7, 11) is 0. The molecule has 0 spiro atoms. The monoisotopic (exact) mass is 381 g/mol. The number of benzene rings is 1. The summed E-state index contributed by atoms with van der Waals surface area (Å²) >= 11 is 6.10. The Morgan fingerprint density at radius 2 is 2.04 bits per heavy atom. The summed E-state index contributed by atoms with van der Waals surface area (Å²) in [5, 5.41) is 25.7. The predicted octanol–water partition coefficient (Wildman–Crippen LogP) is 2.50. The zero-order valence-corrected chi connectivity index (χ0v) is 15.2. The van der Waals surface area contributed by atoms with Crippen molar-refractivity contribution in [3.63, 3.8) is 0 Å². The Hall–Kier alpha value is -1.99. The van der Waals surface area contributed by atoms with Crippen LogP contribution in [0, 0.1) is 16.6 Å². The van der Waals surface area contributed by atoms with Crippen LogP contribution in [0.3, 0.4) is 0 Å². The van der Waals surface area contributed by atoms with Crippen molar-refractivity contribution in [1.29, 1.82) is 0 Å². The van der Waals surface area contributed by atoms with Gasteiger partial charge in [0.2, 0.25) is 0 Å². The normalized spacial score (nSPS) is 31.2. The quantitative estimate of drug-likeness (QED) is 0.750. The molecule has 1 aromatic carbocycles. The van der Waals surface area contributed by atoms with E-state index in [0.717, 1.165) is 5.56 Å². The number of carbonyl (C=O) groups is 1. The Labute approximate surface area is 155 Å². The largest absolute Gasteiger partial charge is 0.481 e. The molecule has 0 amide bonds. The van der Waals surface area contributed by atoms with Crippen LogP contribution in [0.25, 0.3) is 0 Å². The van der Waals surface area contributed by atoms with Crippen molar-refractivity contribution in [2.75, 3.05) is 5.88 Å². The minimum absolute atomic E-state index is 0.0380. The third kappa shape index (κ3) is 2.79. The van der Waals surface area contributed by atoms with Gasteiger partial charge in [0, 0.05) is 11.3 Å². The van der Waals surface area contributed by atoms with E-state index in [1.165, 1.54) is 29.5 Å². The molecule has 6 nitrogen and oxygen atoms in total. The van der Waals surface area contributed by atoms with Crippen molar-refractivity contribution in [2.24, 2.45) is 10.8 Å². The fourth-order valence-corrected chi connectivity index (χ4v) is 4.65. The average molecular weight is 382 g/mol. The smallest absolute Gasteiger partial charge is 0.313 e. The number of hydrogen-bond acceptors (Lipinski definition) is 4. The molecule has 3 unspecified atom stereocenters. The zero-order valence-electron chi connectivity index (χ0n) is 14.4. The Morgan fingerprint density at radius 1 is 1.35 bits per heavy atom. The lowest BCUT2D eigenvalue weighted by Crippen LogP contribution is -2.60. The highest BCUT2D eigenvalue weighted by Crippen LogP contribution is 2.59. The van der Waals surface area contributed by atoms with Gasteiger partial charge in [0.15, 0.2) is 0 Å². The van der Waals surface area contributed by atoms with Crippen LogP contribution in [0.15, 0.2) is 36.9 Å². The number of hydrogen-bond donors (Lipinski definition) is 2. The second kappa shape index (κ2) is 6.63. The molecule has 1 aliphatic carbocycles. The molecular formula is C18H21ClFN3O3. The highest BCUT2D eigenvalue weighted by molar-refractivity contribution is 6.20. The first-order valence-electron chi connectivity index (χ1n) is 8.35. The zero-order chi connectivity index (χ0) is 19.0. The van der Waals surface area contributed by atoms with E-state index < -0.39 is 22.4 Å². The third-order valence-electron chi connectivity index (χ3n) is 5.90. The summed E-state index contributed by atoms with van der Waals surface area (Å²) in [5.41, 5.74) is -3.13. The van der Waals surface area contributed by atoms with Gasteiger partial charge in [0.05, 0.1) is 6.54 Å². The molecule has 0 radical (unpaired) electrons. The minimum atomic E-state index is -1.66. The number of halogens is 2. The van der Waals surface area contributed by atoms with E-state index in [0.29, 0.717) is 12.8 Å². The van der Waals surface area contributed by atoms with Gasteiger partial charge in [0.25, 0.3) is 0 Å². The van der Waals surface area contributed by atoms with E-state index in [2.05, 4.69) is 10.1 Å². The minimum Gasteiger partial charge on any atom is -0.481 e. The fourth-order valence-electron chi connectivity index (χ4n) is 4.18.